The van der Waals surface area contributed by atoms with E-state index in [1.54, 1.807) is 13.8 Å². The van der Waals surface area contributed by atoms with Gasteiger partial charge in [-0.05, 0) is 24.3 Å². The van der Waals surface area contributed by atoms with Crippen LogP contribution in [0.15, 0.2) is 28.7 Å². The SMILES string of the molecule is Cc1oc(-c2ccc(C(F)(F)F)cc2)[n+](O)c1C.[Cl-]. The summed E-state index contributed by atoms with van der Waals surface area (Å²) in [5.41, 5.74) is 0.141. The van der Waals surface area contributed by atoms with Gasteiger partial charge in [0.05, 0.1) is 15.9 Å². The lowest BCUT2D eigenvalue weighted by Gasteiger charge is -2.05. The molecular weight excluding hydrogens is 283 g/mol. The van der Waals surface area contributed by atoms with Crippen LogP contribution in [0.5, 0.6) is 0 Å². The number of benzene rings is 1. The second kappa shape index (κ2) is 5.13. The van der Waals surface area contributed by atoms with Crippen molar-refractivity contribution in [3.8, 4) is 11.5 Å². The third-order valence-electron chi connectivity index (χ3n) is 2.73. The zero-order chi connectivity index (χ0) is 13.5. The third-order valence-corrected chi connectivity index (χ3v) is 2.73. The van der Waals surface area contributed by atoms with Crippen molar-refractivity contribution in [2.24, 2.45) is 0 Å². The van der Waals surface area contributed by atoms with E-state index in [4.69, 9.17) is 4.42 Å². The Balaban J connectivity index is 0.00000180. The van der Waals surface area contributed by atoms with Crippen molar-refractivity contribution in [2.75, 3.05) is 0 Å². The van der Waals surface area contributed by atoms with Gasteiger partial charge in [-0.1, -0.05) is 0 Å². The van der Waals surface area contributed by atoms with Gasteiger partial charge in [-0.25, -0.2) is 0 Å². The van der Waals surface area contributed by atoms with Crippen molar-refractivity contribution in [1.29, 1.82) is 0 Å². The molecule has 0 amide bonds. The monoisotopic (exact) mass is 293 g/mol. The van der Waals surface area contributed by atoms with Gasteiger partial charge < -0.3 is 16.8 Å². The van der Waals surface area contributed by atoms with E-state index in [0.29, 0.717) is 17.0 Å². The van der Waals surface area contributed by atoms with Gasteiger partial charge in [-0.15, -0.1) is 0 Å². The van der Waals surface area contributed by atoms with E-state index >= 15 is 0 Å². The van der Waals surface area contributed by atoms with Crippen molar-refractivity contribution in [2.45, 2.75) is 20.0 Å². The van der Waals surface area contributed by atoms with E-state index in [1.165, 1.54) is 12.1 Å². The Morgan fingerprint density at radius 2 is 1.63 bits per heavy atom. The number of aryl methyl sites for hydroxylation is 1. The summed E-state index contributed by atoms with van der Waals surface area (Å²) in [5, 5.41) is 9.70. The molecule has 1 heterocycles. The molecule has 0 bridgehead atoms. The third kappa shape index (κ3) is 2.84. The molecule has 0 aliphatic heterocycles. The first-order valence-corrected chi connectivity index (χ1v) is 5.19. The highest BCUT2D eigenvalue weighted by Gasteiger charge is 2.31. The number of rotatable bonds is 1. The first-order chi connectivity index (χ1) is 8.30. The minimum absolute atomic E-state index is 0. The van der Waals surface area contributed by atoms with Crippen molar-refractivity contribution in [3.63, 3.8) is 0 Å². The predicted molar refractivity (Wildman–Crippen MR) is 56.0 cm³/mol. The number of nitrogens with zero attached hydrogens (tertiary/aromatic N) is 1. The fraction of sp³-hybridized carbons (Fsp3) is 0.250. The molecule has 0 unspecified atom stereocenters. The van der Waals surface area contributed by atoms with Gasteiger partial charge in [0.1, 0.15) is 0 Å². The molecule has 0 radical (unpaired) electrons. The Labute approximate surface area is 113 Å². The van der Waals surface area contributed by atoms with Gasteiger partial charge in [-0.2, -0.15) is 13.2 Å². The van der Waals surface area contributed by atoms with Crippen LogP contribution in [-0.4, -0.2) is 5.21 Å². The zero-order valence-corrected chi connectivity index (χ0v) is 10.9. The molecule has 1 aromatic carbocycles. The average molecular weight is 294 g/mol. The number of halogens is 4. The molecular formula is C12H11ClF3NO2. The van der Waals surface area contributed by atoms with Crippen LogP contribution in [0.25, 0.3) is 11.5 Å². The van der Waals surface area contributed by atoms with Gasteiger partial charge in [0.15, 0.2) is 5.76 Å². The van der Waals surface area contributed by atoms with E-state index in [0.717, 1.165) is 16.9 Å². The van der Waals surface area contributed by atoms with Crippen LogP contribution >= 0.6 is 0 Å². The Morgan fingerprint density at radius 3 is 2.00 bits per heavy atom. The van der Waals surface area contributed by atoms with Crippen molar-refractivity contribution >= 4 is 0 Å². The van der Waals surface area contributed by atoms with Crippen LogP contribution in [0.2, 0.25) is 0 Å². The molecule has 0 saturated carbocycles. The molecule has 0 aliphatic rings. The summed E-state index contributed by atoms with van der Waals surface area (Å²) in [6, 6.07) is 4.41. The highest BCUT2D eigenvalue weighted by atomic mass is 35.5. The van der Waals surface area contributed by atoms with Crippen LogP contribution in [-0.2, 0) is 6.18 Å². The molecule has 0 atom stereocenters. The average Bonchev–Trinajstić information content (AvgIpc) is 2.56. The quantitative estimate of drug-likeness (QED) is 0.599. The fourth-order valence-corrected chi connectivity index (χ4v) is 1.55. The molecule has 1 aromatic heterocycles. The van der Waals surface area contributed by atoms with Crippen LogP contribution in [0.1, 0.15) is 17.0 Å². The molecule has 19 heavy (non-hydrogen) atoms. The standard InChI is InChI=1S/C12H11F3NO2.ClH/c1-7-8(2)18-11(16(7)17)9-3-5-10(6-4-9)12(13,14)15;/h3-6,17H,1-2H3;1H/q+1;/p-1. The number of aromatic nitrogens is 1. The van der Waals surface area contributed by atoms with E-state index in [9.17, 15) is 18.4 Å². The Hall–Kier alpha value is -1.69. The maximum Gasteiger partial charge on any atom is 0.429 e. The van der Waals surface area contributed by atoms with E-state index in [2.05, 4.69) is 0 Å². The summed E-state index contributed by atoms with van der Waals surface area (Å²) in [6.07, 6.45) is -4.37. The van der Waals surface area contributed by atoms with Gasteiger partial charge in [0, 0.05) is 13.8 Å². The Morgan fingerprint density at radius 1 is 1.11 bits per heavy atom. The minimum atomic E-state index is -4.37. The summed E-state index contributed by atoms with van der Waals surface area (Å²) in [7, 11) is 0. The summed E-state index contributed by atoms with van der Waals surface area (Å²) in [5.74, 6) is 0.617. The lowest BCUT2D eigenvalue weighted by Crippen LogP contribution is -3.00. The highest BCUT2D eigenvalue weighted by molar-refractivity contribution is 5.51. The predicted octanol–water partition coefficient (Wildman–Crippen LogP) is 0.111. The Kier molecular flexibility index (Phi) is 4.15. The van der Waals surface area contributed by atoms with Crippen LogP contribution in [0, 0.1) is 13.8 Å². The maximum absolute atomic E-state index is 12.4. The number of alkyl halides is 3. The number of hydrogen-bond acceptors (Lipinski definition) is 2. The summed E-state index contributed by atoms with van der Waals surface area (Å²) >= 11 is 0. The number of hydrogen-bond donors (Lipinski definition) is 1. The molecule has 7 heteroatoms. The smallest absolute Gasteiger partial charge is 0.429 e. The molecule has 3 nitrogen and oxygen atoms in total. The van der Waals surface area contributed by atoms with Crippen molar-refractivity contribution < 1.29 is 39.9 Å². The lowest BCUT2D eigenvalue weighted by atomic mass is 10.1. The van der Waals surface area contributed by atoms with E-state index < -0.39 is 11.7 Å². The molecule has 1 N–H and O–H groups in total. The molecule has 2 rings (SSSR count). The van der Waals surface area contributed by atoms with E-state index in [-0.39, 0.29) is 18.3 Å². The first-order valence-electron chi connectivity index (χ1n) is 5.19. The van der Waals surface area contributed by atoms with Crippen LogP contribution in [0.4, 0.5) is 13.2 Å². The molecule has 0 aliphatic carbocycles. The Bertz CT molecular complexity index is 576. The van der Waals surface area contributed by atoms with E-state index in [1.807, 2.05) is 0 Å². The lowest BCUT2D eigenvalue weighted by molar-refractivity contribution is -0.901. The largest absolute Gasteiger partial charge is 1.00 e. The second-order valence-electron chi connectivity index (χ2n) is 3.94. The summed E-state index contributed by atoms with van der Waals surface area (Å²) in [6.45, 7) is 3.31. The first kappa shape index (κ1) is 15.4. The van der Waals surface area contributed by atoms with Crippen LogP contribution < -0.4 is 17.1 Å². The zero-order valence-electron chi connectivity index (χ0n) is 10.1. The molecule has 2 aromatic rings. The van der Waals surface area contributed by atoms with Crippen LogP contribution in [0.3, 0.4) is 0 Å². The summed E-state index contributed by atoms with van der Waals surface area (Å²) < 4.78 is 43.3. The van der Waals surface area contributed by atoms with Gasteiger partial charge in [0.2, 0.25) is 0 Å². The van der Waals surface area contributed by atoms with Gasteiger partial charge in [0.25, 0.3) is 5.69 Å². The van der Waals surface area contributed by atoms with Gasteiger partial charge >= 0.3 is 12.1 Å². The molecule has 0 saturated heterocycles. The summed E-state index contributed by atoms with van der Waals surface area (Å²) in [4.78, 5) is 0. The number of oxazole rings is 1. The highest BCUT2D eigenvalue weighted by Crippen LogP contribution is 2.30. The van der Waals surface area contributed by atoms with Crippen molar-refractivity contribution in [1.82, 2.24) is 0 Å². The molecule has 0 spiro atoms. The maximum atomic E-state index is 12.4. The minimum Gasteiger partial charge on any atom is -1.00 e. The molecule has 104 valence electrons. The topological polar surface area (TPSA) is 37.2 Å². The second-order valence-corrected chi connectivity index (χ2v) is 3.94. The molecule has 0 fully saturated rings. The normalized spacial score (nSPS) is 11.2. The fourth-order valence-electron chi connectivity index (χ4n) is 1.55. The van der Waals surface area contributed by atoms with Crippen molar-refractivity contribution in [3.05, 3.63) is 41.3 Å². The van der Waals surface area contributed by atoms with Gasteiger partial charge in [-0.3, -0.25) is 5.21 Å².